The molecular formula is C24H34N2O5S. The minimum absolute atomic E-state index is 0.0361. The third-order valence-corrected chi connectivity index (χ3v) is 8.60. The van der Waals surface area contributed by atoms with Crippen LogP contribution in [0.3, 0.4) is 0 Å². The first-order valence-corrected chi connectivity index (χ1v) is 13.5. The molecule has 0 radical (unpaired) electrons. The molecule has 1 aromatic rings. The molecule has 0 heterocycles. The van der Waals surface area contributed by atoms with Crippen molar-refractivity contribution in [2.45, 2.75) is 49.8 Å². The fourth-order valence-electron chi connectivity index (χ4n) is 6.28. The average molecular weight is 463 g/mol. The number of ether oxygens (including phenoxy) is 1. The van der Waals surface area contributed by atoms with Crippen LogP contribution in [0.5, 0.6) is 5.75 Å². The van der Waals surface area contributed by atoms with Gasteiger partial charge in [-0.2, -0.15) is 0 Å². The molecule has 32 heavy (non-hydrogen) atoms. The Morgan fingerprint density at radius 2 is 1.75 bits per heavy atom. The van der Waals surface area contributed by atoms with Crippen LogP contribution in [0, 0.1) is 23.2 Å². The predicted molar refractivity (Wildman–Crippen MR) is 121 cm³/mol. The first kappa shape index (κ1) is 23.1. The van der Waals surface area contributed by atoms with Crippen LogP contribution in [0.4, 0.5) is 0 Å². The highest BCUT2D eigenvalue weighted by atomic mass is 32.2. The van der Waals surface area contributed by atoms with Crippen LogP contribution < -0.4 is 10.1 Å². The van der Waals surface area contributed by atoms with Gasteiger partial charge in [-0.15, -0.1) is 0 Å². The lowest BCUT2D eigenvalue weighted by Crippen LogP contribution is -2.54. The molecule has 0 saturated heterocycles. The van der Waals surface area contributed by atoms with Gasteiger partial charge in [0.25, 0.3) is 0 Å². The van der Waals surface area contributed by atoms with Crippen molar-refractivity contribution in [1.29, 1.82) is 0 Å². The van der Waals surface area contributed by atoms with Crippen molar-refractivity contribution in [3.63, 3.8) is 0 Å². The van der Waals surface area contributed by atoms with Crippen LogP contribution >= 0.6 is 0 Å². The van der Waals surface area contributed by atoms with E-state index < -0.39 is 9.84 Å². The minimum Gasteiger partial charge on any atom is -0.493 e. The summed E-state index contributed by atoms with van der Waals surface area (Å²) in [6, 6.07) is 6.40. The Morgan fingerprint density at radius 3 is 2.34 bits per heavy atom. The summed E-state index contributed by atoms with van der Waals surface area (Å²) >= 11 is 0. The monoisotopic (exact) mass is 462 g/mol. The van der Waals surface area contributed by atoms with Gasteiger partial charge in [-0.3, -0.25) is 9.59 Å². The molecule has 0 aliphatic heterocycles. The normalized spacial score (nSPS) is 28.4. The number of hydrogen-bond acceptors (Lipinski definition) is 5. The van der Waals surface area contributed by atoms with E-state index in [1.807, 2.05) is 0 Å². The fourth-order valence-corrected chi connectivity index (χ4v) is 6.93. The number of benzene rings is 1. The number of amides is 2. The van der Waals surface area contributed by atoms with Crippen molar-refractivity contribution in [3.8, 4) is 5.75 Å². The Bertz CT molecular complexity index is 939. The largest absolute Gasteiger partial charge is 0.493 e. The van der Waals surface area contributed by atoms with Gasteiger partial charge in [0.1, 0.15) is 5.75 Å². The van der Waals surface area contributed by atoms with Gasteiger partial charge in [0.15, 0.2) is 9.84 Å². The molecule has 0 aromatic heterocycles. The quantitative estimate of drug-likeness (QED) is 0.570. The van der Waals surface area contributed by atoms with E-state index >= 15 is 0 Å². The standard InChI is InChI=1S/C24H34N2O5S/c1-26(7-4-8-31-20-5-3-6-21(12-20)32(2,29)30)22(27)16-25-23(28)24-13-17-9-18(14-24)11-19(10-17)15-24/h3,5-6,12,17-19H,4,7-11,13-16H2,1-2H3,(H,25,28). The number of nitrogens with zero attached hydrogens (tertiary/aromatic N) is 1. The third-order valence-electron chi connectivity index (χ3n) is 7.49. The molecule has 4 aliphatic rings. The van der Waals surface area contributed by atoms with E-state index in [4.69, 9.17) is 4.74 Å². The summed E-state index contributed by atoms with van der Waals surface area (Å²) < 4.78 is 28.9. The lowest BCUT2D eigenvalue weighted by atomic mass is 9.49. The minimum atomic E-state index is -3.28. The van der Waals surface area contributed by atoms with E-state index in [1.165, 1.54) is 31.4 Å². The maximum absolute atomic E-state index is 13.0. The predicted octanol–water partition coefficient (Wildman–Crippen LogP) is 2.65. The molecule has 0 atom stereocenters. The summed E-state index contributed by atoms with van der Waals surface area (Å²) in [4.78, 5) is 27.3. The molecule has 0 spiro atoms. The smallest absolute Gasteiger partial charge is 0.241 e. The number of rotatable bonds is 9. The van der Waals surface area contributed by atoms with Gasteiger partial charge in [-0.05, 0) is 80.9 Å². The summed E-state index contributed by atoms with van der Waals surface area (Å²) in [6.45, 7) is 0.899. The molecule has 1 N–H and O–H groups in total. The average Bonchev–Trinajstić information content (AvgIpc) is 2.73. The molecule has 0 unspecified atom stereocenters. The second-order valence-corrected chi connectivity index (χ2v) is 12.2. The van der Waals surface area contributed by atoms with E-state index in [0.29, 0.717) is 43.1 Å². The first-order chi connectivity index (χ1) is 15.1. The Balaban J connectivity index is 1.18. The molecule has 176 valence electrons. The molecule has 2 amide bonds. The summed E-state index contributed by atoms with van der Waals surface area (Å²) in [5.41, 5.74) is -0.234. The van der Waals surface area contributed by atoms with Gasteiger partial charge in [0, 0.05) is 25.3 Å². The zero-order valence-electron chi connectivity index (χ0n) is 19.0. The van der Waals surface area contributed by atoms with E-state index in [0.717, 1.165) is 25.5 Å². The number of carbonyl (C=O) groups is 2. The highest BCUT2D eigenvalue weighted by molar-refractivity contribution is 7.90. The second-order valence-electron chi connectivity index (χ2n) is 10.1. The number of sulfone groups is 1. The van der Waals surface area contributed by atoms with Crippen molar-refractivity contribution in [3.05, 3.63) is 24.3 Å². The lowest BCUT2D eigenvalue weighted by molar-refractivity contribution is -0.147. The van der Waals surface area contributed by atoms with Gasteiger partial charge >= 0.3 is 0 Å². The van der Waals surface area contributed by atoms with Crippen molar-refractivity contribution >= 4 is 21.7 Å². The van der Waals surface area contributed by atoms with Crippen LogP contribution in [0.2, 0.25) is 0 Å². The van der Waals surface area contributed by atoms with Crippen LogP contribution in [-0.4, -0.2) is 58.1 Å². The van der Waals surface area contributed by atoms with Gasteiger partial charge in [-0.25, -0.2) is 8.42 Å². The summed E-state index contributed by atoms with van der Waals surface area (Å²) in [6.07, 6.45) is 8.60. The summed E-state index contributed by atoms with van der Waals surface area (Å²) in [5, 5.41) is 2.94. The number of carbonyl (C=O) groups excluding carboxylic acids is 2. The second kappa shape index (κ2) is 9.04. The third kappa shape index (κ3) is 5.11. The van der Waals surface area contributed by atoms with Gasteiger partial charge in [0.2, 0.25) is 11.8 Å². The number of likely N-dealkylation sites (N-methyl/N-ethyl adjacent to an activating group) is 1. The highest BCUT2D eigenvalue weighted by Crippen LogP contribution is 2.60. The fraction of sp³-hybridized carbons (Fsp3) is 0.667. The van der Waals surface area contributed by atoms with Crippen molar-refractivity contribution in [2.24, 2.45) is 23.2 Å². The molecule has 4 bridgehead atoms. The van der Waals surface area contributed by atoms with Gasteiger partial charge < -0.3 is 15.0 Å². The van der Waals surface area contributed by atoms with E-state index in [-0.39, 0.29) is 28.7 Å². The lowest BCUT2D eigenvalue weighted by Gasteiger charge is -2.55. The summed E-state index contributed by atoms with van der Waals surface area (Å²) in [5.74, 6) is 2.55. The van der Waals surface area contributed by atoms with E-state index in [1.54, 1.807) is 24.1 Å². The van der Waals surface area contributed by atoms with Crippen LogP contribution in [-0.2, 0) is 19.4 Å². The van der Waals surface area contributed by atoms with Crippen LogP contribution in [0.15, 0.2) is 29.2 Å². The van der Waals surface area contributed by atoms with Crippen LogP contribution in [0.1, 0.15) is 44.9 Å². The van der Waals surface area contributed by atoms with Gasteiger partial charge in [-0.1, -0.05) is 6.07 Å². The number of hydrogen-bond donors (Lipinski definition) is 1. The molecule has 4 saturated carbocycles. The van der Waals surface area contributed by atoms with Crippen molar-refractivity contribution in [2.75, 3.05) is 33.0 Å². The Morgan fingerprint density at radius 1 is 1.12 bits per heavy atom. The SMILES string of the molecule is CN(CCCOc1cccc(S(C)(=O)=O)c1)C(=O)CNC(=O)C12CC3CC(CC(C3)C1)C2. The first-order valence-electron chi connectivity index (χ1n) is 11.6. The topological polar surface area (TPSA) is 92.8 Å². The van der Waals surface area contributed by atoms with Crippen molar-refractivity contribution < 1.29 is 22.7 Å². The maximum atomic E-state index is 13.0. The van der Waals surface area contributed by atoms with E-state index in [9.17, 15) is 18.0 Å². The van der Waals surface area contributed by atoms with E-state index in [2.05, 4.69) is 5.32 Å². The summed E-state index contributed by atoms with van der Waals surface area (Å²) in [7, 11) is -1.55. The molecule has 8 heteroatoms. The number of nitrogens with one attached hydrogen (secondary N) is 1. The Labute approximate surface area is 190 Å². The molecule has 5 rings (SSSR count). The van der Waals surface area contributed by atoms with Crippen molar-refractivity contribution in [1.82, 2.24) is 10.2 Å². The Hall–Kier alpha value is -2.09. The molecular weight excluding hydrogens is 428 g/mol. The zero-order chi connectivity index (χ0) is 22.9. The highest BCUT2D eigenvalue weighted by Gasteiger charge is 2.54. The molecule has 1 aromatic carbocycles. The zero-order valence-corrected chi connectivity index (χ0v) is 19.8. The molecule has 4 aliphatic carbocycles. The van der Waals surface area contributed by atoms with Gasteiger partial charge in [0.05, 0.1) is 18.0 Å². The maximum Gasteiger partial charge on any atom is 0.241 e. The molecule has 4 fully saturated rings. The van der Waals surface area contributed by atoms with Crippen LogP contribution in [0.25, 0.3) is 0 Å². The Kier molecular flexibility index (Phi) is 6.52. The molecule has 7 nitrogen and oxygen atoms in total.